The number of benzene rings is 1. The van der Waals surface area contributed by atoms with Gasteiger partial charge in [0.15, 0.2) is 0 Å². The fourth-order valence-corrected chi connectivity index (χ4v) is 4.49. The molecule has 3 atom stereocenters. The Morgan fingerprint density at radius 3 is 2.28 bits per heavy atom. The summed E-state index contributed by atoms with van der Waals surface area (Å²) in [5.74, 6) is 1.28. The van der Waals surface area contributed by atoms with Gasteiger partial charge in [-0.2, -0.15) is 0 Å². The van der Waals surface area contributed by atoms with Crippen LogP contribution in [0.4, 0.5) is 5.69 Å². The zero-order valence-corrected chi connectivity index (χ0v) is 18.3. The van der Waals surface area contributed by atoms with Crippen molar-refractivity contribution in [3.8, 4) is 0 Å². The molecule has 6 nitrogen and oxygen atoms in total. The minimum Gasteiger partial charge on any atom is -0.352 e. The van der Waals surface area contributed by atoms with Crippen LogP contribution in [0.15, 0.2) is 24.3 Å². The van der Waals surface area contributed by atoms with Gasteiger partial charge in [-0.3, -0.25) is 19.4 Å². The van der Waals surface area contributed by atoms with Gasteiger partial charge in [0.1, 0.15) is 0 Å². The molecule has 0 bridgehead atoms. The number of amides is 2. The first-order chi connectivity index (χ1) is 13.9. The average molecular weight is 421 g/mol. The molecule has 1 saturated carbocycles. The number of hydrogen-bond acceptors (Lipinski definition) is 4. The van der Waals surface area contributed by atoms with Gasteiger partial charge in [-0.1, -0.05) is 50.4 Å². The summed E-state index contributed by atoms with van der Waals surface area (Å²) in [5, 5.41) is 6.66. The molecule has 0 radical (unpaired) electrons. The Morgan fingerprint density at radius 2 is 1.62 bits per heavy atom. The normalized spacial score (nSPS) is 26.1. The first-order valence-electron chi connectivity index (χ1n) is 10.7. The number of halogens is 1. The van der Waals surface area contributed by atoms with E-state index in [-0.39, 0.29) is 11.8 Å². The number of rotatable bonds is 6. The fraction of sp³-hybridized carbons (Fsp3) is 0.636. The van der Waals surface area contributed by atoms with E-state index in [0.29, 0.717) is 41.7 Å². The lowest BCUT2D eigenvalue weighted by Gasteiger charge is -2.36. The third kappa shape index (κ3) is 6.43. The van der Waals surface area contributed by atoms with Gasteiger partial charge >= 0.3 is 0 Å². The molecule has 1 heterocycles. The van der Waals surface area contributed by atoms with Crippen molar-refractivity contribution in [3.63, 3.8) is 0 Å². The second kappa shape index (κ2) is 10.4. The van der Waals surface area contributed by atoms with Crippen molar-refractivity contribution in [2.24, 2.45) is 11.8 Å². The number of piperazine rings is 1. The molecule has 2 aliphatic rings. The van der Waals surface area contributed by atoms with E-state index in [0.717, 1.165) is 32.6 Å². The van der Waals surface area contributed by atoms with Crippen molar-refractivity contribution in [2.45, 2.75) is 39.2 Å². The highest BCUT2D eigenvalue weighted by atomic mass is 35.5. The van der Waals surface area contributed by atoms with Gasteiger partial charge in [-0.05, 0) is 30.4 Å². The smallest absolute Gasteiger partial charge is 0.238 e. The van der Waals surface area contributed by atoms with Crippen LogP contribution in [-0.2, 0) is 9.59 Å². The number of hydrogen-bond donors (Lipinski definition) is 2. The van der Waals surface area contributed by atoms with Gasteiger partial charge < -0.3 is 10.6 Å². The van der Waals surface area contributed by atoms with Crippen LogP contribution in [0.2, 0.25) is 5.02 Å². The molecule has 2 amide bonds. The summed E-state index contributed by atoms with van der Waals surface area (Å²) >= 11 is 6.09. The third-order valence-corrected chi connectivity index (χ3v) is 6.73. The minimum atomic E-state index is -0.0651. The summed E-state index contributed by atoms with van der Waals surface area (Å²) in [7, 11) is 0. The predicted molar refractivity (Wildman–Crippen MR) is 117 cm³/mol. The summed E-state index contributed by atoms with van der Waals surface area (Å²) in [6.07, 6.45) is 3.55. The minimum absolute atomic E-state index is 0.0651. The fourth-order valence-electron chi connectivity index (χ4n) is 4.30. The maximum Gasteiger partial charge on any atom is 0.238 e. The van der Waals surface area contributed by atoms with Gasteiger partial charge in [0.05, 0.1) is 23.8 Å². The van der Waals surface area contributed by atoms with E-state index in [1.54, 1.807) is 12.1 Å². The van der Waals surface area contributed by atoms with Crippen molar-refractivity contribution >= 4 is 29.1 Å². The summed E-state index contributed by atoms with van der Waals surface area (Å²) in [4.78, 5) is 29.1. The van der Waals surface area contributed by atoms with Crippen LogP contribution in [0.3, 0.4) is 0 Å². The van der Waals surface area contributed by atoms with Crippen LogP contribution >= 0.6 is 11.6 Å². The molecule has 29 heavy (non-hydrogen) atoms. The molecule has 1 aromatic carbocycles. The molecule has 1 aliphatic heterocycles. The van der Waals surface area contributed by atoms with E-state index in [4.69, 9.17) is 11.6 Å². The van der Waals surface area contributed by atoms with Crippen molar-refractivity contribution in [3.05, 3.63) is 29.3 Å². The van der Waals surface area contributed by atoms with Gasteiger partial charge in [-0.15, -0.1) is 0 Å². The molecule has 7 heteroatoms. The van der Waals surface area contributed by atoms with E-state index in [2.05, 4.69) is 34.3 Å². The lowest BCUT2D eigenvalue weighted by atomic mass is 9.78. The summed E-state index contributed by atoms with van der Waals surface area (Å²) in [5.41, 5.74) is 0.640. The molecule has 1 saturated heterocycles. The summed E-state index contributed by atoms with van der Waals surface area (Å²) < 4.78 is 0. The summed E-state index contributed by atoms with van der Waals surface area (Å²) in [6.45, 7) is 8.46. The molecular weight excluding hydrogens is 388 g/mol. The SMILES string of the molecule is C[C@@H]1[C@H](C)CCC[C@H]1NC(=O)CN1CCN(CC(=O)Nc2ccccc2Cl)CC1. The van der Waals surface area contributed by atoms with Crippen LogP contribution < -0.4 is 10.6 Å². The van der Waals surface area contributed by atoms with Crippen LogP contribution in [0.1, 0.15) is 33.1 Å². The van der Waals surface area contributed by atoms with Gasteiger partial charge in [0.25, 0.3) is 0 Å². The largest absolute Gasteiger partial charge is 0.352 e. The number of nitrogens with one attached hydrogen (secondary N) is 2. The Labute approximate surface area is 179 Å². The Morgan fingerprint density at radius 1 is 1.00 bits per heavy atom. The Balaban J connectivity index is 1.37. The third-order valence-electron chi connectivity index (χ3n) is 6.40. The van der Waals surface area contributed by atoms with E-state index < -0.39 is 0 Å². The maximum absolute atomic E-state index is 12.5. The molecule has 0 unspecified atom stereocenters. The first kappa shape index (κ1) is 22.1. The molecule has 1 aromatic rings. The monoisotopic (exact) mass is 420 g/mol. The quantitative estimate of drug-likeness (QED) is 0.742. The van der Waals surface area contributed by atoms with Gasteiger partial charge in [0, 0.05) is 32.2 Å². The van der Waals surface area contributed by atoms with Gasteiger partial charge in [0.2, 0.25) is 11.8 Å². The van der Waals surface area contributed by atoms with Crippen molar-refractivity contribution in [1.29, 1.82) is 0 Å². The Kier molecular flexibility index (Phi) is 7.92. The molecule has 2 fully saturated rings. The maximum atomic E-state index is 12.5. The highest BCUT2D eigenvalue weighted by Crippen LogP contribution is 2.29. The molecular formula is C22H33ClN4O2. The first-order valence-corrected chi connectivity index (χ1v) is 11.1. The number of carbonyl (C=O) groups excluding carboxylic acids is 2. The zero-order valence-electron chi connectivity index (χ0n) is 17.5. The van der Waals surface area contributed by atoms with Crippen molar-refractivity contribution in [2.75, 3.05) is 44.6 Å². The van der Waals surface area contributed by atoms with Crippen LogP contribution in [0, 0.1) is 11.8 Å². The molecule has 160 valence electrons. The number of nitrogens with zero attached hydrogens (tertiary/aromatic N) is 2. The van der Waals surface area contributed by atoms with E-state index in [1.165, 1.54) is 12.8 Å². The van der Waals surface area contributed by atoms with Crippen molar-refractivity contribution in [1.82, 2.24) is 15.1 Å². The van der Waals surface area contributed by atoms with E-state index in [1.807, 2.05) is 12.1 Å². The van der Waals surface area contributed by atoms with Gasteiger partial charge in [-0.25, -0.2) is 0 Å². The van der Waals surface area contributed by atoms with E-state index >= 15 is 0 Å². The second-order valence-electron chi connectivity index (χ2n) is 8.52. The molecule has 0 aromatic heterocycles. The predicted octanol–water partition coefficient (Wildman–Crippen LogP) is 2.84. The Hall–Kier alpha value is -1.63. The lowest BCUT2D eigenvalue weighted by Crippen LogP contribution is -2.52. The highest BCUT2D eigenvalue weighted by Gasteiger charge is 2.29. The molecule has 0 spiro atoms. The van der Waals surface area contributed by atoms with E-state index in [9.17, 15) is 9.59 Å². The van der Waals surface area contributed by atoms with Crippen molar-refractivity contribution < 1.29 is 9.59 Å². The van der Waals surface area contributed by atoms with Crippen LogP contribution in [0.5, 0.6) is 0 Å². The number of para-hydroxylation sites is 1. The standard InChI is InChI=1S/C22H33ClN4O2/c1-16-6-5-9-19(17(16)2)24-21(28)14-26-10-12-27(13-11-26)15-22(29)25-20-8-4-3-7-18(20)23/h3-4,7-8,16-17,19H,5-6,9-15H2,1-2H3,(H,24,28)(H,25,29)/t16-,17-,19-/m1/s1. The highest BCUT2D eigenvalue weighted by molar-refractivity contribution is 6.33. The second-order valence-corrected chi connectivity index (χ2v) is 8.93. The molecule has 3 rings (SSSR count). The lowest BCUT2D eigenvalue weighted by molar-refractivity contribution is -0.124. The topological polar surface area (TPSA) is 64.7 Å². The molecule has 1 aliphatic carbocycles. The molecule has 2 N–H and O–H groups in total. The number of anilines is 1. The average Bonchev–Trinajstić information content (AvgIpc) is 2.69. The Bertz CT molecular complexity index is 706. The zero-order chi connectivity index (χ0) is 20.8. The van der Waals surface area contributed by atoms with Crippen LogP contribution in [0.25, 0.3) is 0 Å². The summed E-state index contributed by atoms with van der Waals surface area (Å²) in [6, 6.07) is 7.55. The van der Waals surface area contributed by atoms with Crippen LogP contribution in [-0.4, -0.2) is 66.9 Å². The number of carbonyl (C=O) groups is 2.